The van der Waals surface area contributed by atoms with Crippen LogP contribution in [-0.4, -0.2) is 36.1 Å². The Morgan fingerprint density at radius 1 is 1.35 bits per heavy atom. The molecule has 0 unspecified atom stereocenters. The number of nitrogens with zero attached hydrogens (tertiary/aromatic N) is 2. The Morgan fingerprint density at radius 3 is 2.57 bits per heavy atom. The summed E-state index contributed by atoms with van der Waals surface area (Å²) in [5.41, 5.74) is 0.612. The molecule has 1 atom stereocenters. The van der Waals surface area contributed by atoms with Gasteiger partial charge >= 0.3 is 0 Å². The van der Waals surface area contributed by atoms with Crippen LogP contribution >= 0.6 is 15.9 Å². The number of halogens is 1. The fraction of sp³-hybridized carbons (Fsp3) is 0.231. The molecule has 5 N–H and O–H groups in total. The number of aromatic nitrogens is 2. The maximum absolute atomic E-state index is 11.2. The summed E-state index contributed by atoms with van der Waals surface area (Å²) in [4.78, 5) is 8.44. The zero-order valence-corrected chi connectivity index (χ0v) is 14.6. The van der Waals surface area contributed by atoms with E-state index in [1.54, 1.807) is 18.3 Å². The monoisotopic (exact) mass is 401 g/mol. The van der Waals surface area contributed by atoms with Gasteiger partial charge in [-0.1, -0.05) is 0 Å². The molecule has 8 nitrogen and oxygen atoms in total. The molecule has 0 bridgehead atoms. The Bertz CT molecular complexity index is 783. The molecule has 1 aromatic heterocycles. The summed E-state index contributed by atoms with van der Waals surface area (Å²) in [5, 5.41) is 20.1. The molecule has 0 fully saturated rings. The maximum Gasteiger partial charge on any atom is 0.238 e. The summed E-state index contributed by atoms with van der Waals surface area (Å²) in [6.07, 6.45) is 1.57. The third kappa shape index (κ3) is 4.86. The fourth-order valence-corrected chi connectivity index (χ4v) is 2.49. The Morgan fingerprint density at radius 2 is 2.00 bits per heavy atom. The largest absolute Gasteiger partial charge is 0.394 e. The van der Waals surface area contributed by atoms with Crippen molar-refractivity contribution in [3.63, 3.8) is 0 Å². The van der Waals surface area contributed by atoms with E-state index in [9.17, 15) is 8.42 Å². The highest BCUT2D eigenvalue weighted by Gasteiger charge is 2.10. The highest BCUT2D eigenvalue weighted by Crippen LogP contribution is 2.23. The first kappa shape index (κ1) is 17.6. The molecule has 2 aromatic rings. The van der Waals surface area contributed by atoms with Crippen molar-refractivity contribution in [2.45, 2.75) is 17.9 Å². The second-order valence-corrected chi connectivity index (χ2v) is 7.23. The molecule has 0 saturated carbocycles. The first-order valence-corrected chi connectivity index (χ1v) is 8.93. The zero-order valence-electron chi connectivity index (χ0n) is 12.2. The van der Waals surface area contributed by atoms with Gasteiger partial charge in [0.15, 0.2) is 0 Å². The summed E-state index contributed by atoms with van der Waals surface area (Å²) in [5.74, 6) is 0.856. The number of aliphatic hydroxyl groups excluding tert-OH is 1. The van der Waals surface area contributed by atoms with Crippen LogP contribution < -0.4 is 15.8 Å². The number of rotatable bonds is 6. The summed E-state index contributed by atoms with van der Waals surface area (Å²) in [7, 11) is -3.72. The Kier molecular flexibility index (Phi) is 5.52. The quantitative estimate of drug-likeness (QED) is 0.575. The number of aliphatic hydroxyl groups is 1. The number of sulfonamides is 1. The van der Waals surface area contributed by atoms with Crippen molar-refractivity contribution < 1.29 is 13.5 Å². The van der Waals surface area contributed by atoms with Crippen LogP contribution in [0.25, 0.3) is 0 Å². The van der Waals surface area contributed by atoms with E-state index in [1.165, 1.54) is 12.1 Å². The number of benzene rings is 1. The Labute approximate surface area is 142 Å². The maximum atomic E-state index is 11.2. The molecule has 0 amide bonds. The summed E-state index contributed by atoms with van der Waals surface area (Å²) in [6.45, 7) is 1.78. The average molecular weight is 402 g/mol. The molecule has 23 heavy (non-hydrogen) atoms. The van der Waals surface area contributed by atoms with E-state index in [2.05, 4.69) is 36.5 Å². The van der Waals surface area contributed by atoms with Crippen molar-refractivity contribution in [1.82, 2.24) is 9.97 Å². The van der Waals surface area contributed by atoms with E-state index in [1.807, 2.05) is 6.92 Å². The van der Waals surface area contributed by atoms with Gasteiger partial charge in [0.1, 0.15) is 5.82 Å². The van der Waals surface area contributed by atoms with Crippen molar-refractivity contribution >= 4 is 43.4 Å². The molecule has 124 valence electrons. The van der Waals surface area contributed by atoms with Crippen molar-refractivity contribution in [2.75, 3.05) is 17.2 Å². The second kappa shape index (κ2) is 7.21. The molecular formula is C13H16BrN5O3S. The van der Waals surface area contributed by atoms with Crippen molar-refractivity contribution in [1.29, 1.82) is 0 Å². The molecule has 0 aliphatic heterocycles. The number of hydrogen-bond donors (Lipinski definition) is 4. The van der Waals surface area contributed by atoms with E-state index in [0.29, 0.717) is 21.9 Å². The van der Waals surface area contributed by atoms with Crippen molar-refractivity contribution in [3.05, 3.63) is 34.9 Å². The molecule has 0 spiro atoms. The van der Waals surface area contributed by atoms with Crippen LogP contribution in [0.2, 0.25) is 0 Å². The number of nitrogens with one attached hydrogen (secondary N) is 2. The lowest BCUT2D eigenvalue weighted by Crippen LogP contribution is -2.20. The third-order valence-electron chi connectivity index (χ3n) is 2.84. The van der Waals surface area contributed by atoms with E-state index in [-0.39, 0.29) is 17.5 Å². The smallest absolute Gasteiger partial charge is 0.238 e. The highest BCUT2D eigenvalue weighted by molar-refractivity contribution is 9.10. The minimum absolute atomic E-state index is 0.0268. The first-order valence-electron chi connectivity index (χ1n) is 6.59. The van der Waals surface area contributed by atoms with Gasteiger partial charge in [-0.25, -0.2) is 18.5 Å². The van der Waals surface area contributed by atoms with Crippen LogP contribution in [0, 0.1) is 0 Å². The lowest BCUT2D eigenvalue weighted by atomic mass is 10.3. The van der Waals surface area contributed by atoms with E-state index < -0.39 is 10.0 Å². The summed E-state index contributed by atoms with van der Waals surface area (Å²) < 4.78 is 23.1. The third-order valence-corrected chi connectivity index (χ3v) is 4.35. The number of anilines is 3. The normalized spacial score (nSPS) is 12.7. The van der Waals surface area contributed by atoms with Gasteiger partial charge in [0.05, 0.1) is 16.0 Å². The number of hydrogen-bond acceptors (Lipinski definition) is 7. The second-order valence-electron chi connectivity index (χ2n) is 4.81. The van der Waals surface area contributed by atoms with Crippen molar-refractivity contribution in [2.24, 2.45) is 5.14 Å². The zero-order chi connectivity index (χ0) is 17.0. The predicted octanol–water partition coefficient (Wildman–Crippen LogP) is 1.42. The highest BCUT2D eigenvalue weighted by atomic mass is 79.9. The van der Waals surface area contributed by atoms with Crippen LogP contribution in [-0.2, 0) is 10.0 Å². The van der Waals surface area contributed by atoms with Gasteiger partial charge in [0.2, 0.25) is 16.0 Å². The first-order chi connectivity index (χ1) is 10.8. The van der Waals surface area contributed by atoms with E-state index in [4.69, 9.17) is 10.2 Å². The standard InChI is InChI=1S/C13H16BrN5O3S/c1-8(7-20)17-12-11(14)6-16-13(19-12)18-9-2-4-10(5-3-9)23(15,21)22/h2-6,8,20H,7H2,1H3,(H2,15,21,22)(H2,16,17,18,19)/t8-/m0/s1. The molecular weight excluding hydrogens is 386 g/mol. The average Bonchev–Trinajstić information content (AvgIpc) is 2.50. The van der Waals surface area contributed by atoms with Crippen LogP contribution in [0.3, 0.4) is 0 Å². The molecule has 0 saturated heterocycles. The lowest BCUT2D eigenvalue weighted by molar-refractivity contribution is 0.281. The molecule has 0 aliphatic rings. The predicted molar refractivity (Wildman–Crippen MR) is 91.0 cm³/mol. The molecule has 10 heteroatoms. The number of primary sulfonamides is 1. The SMILES string of the molecule is C[C@@H](CO)Nc1nc(Nc2ccc(S(N)(=O)=O)cc2)ncc1Br. The van der Waals surface area contributed by atoms with Gasteiger partial charge in [-0.2, -0.15) is 4.98 Å². The van der Waals surface area contributed by atoms with Crippen LogP contribution in [0.1, 0.15) is 6.92 Å². The van der Waals surface area contributed by atoms with Gasteiger partial charge in [-0.3, -0.25) is 0 Å². The molecule has 1 aromatic carbocycles. The lowest BCUT2D eigenvalue weighted by Gasteiger charge is -2.14. The molecule has 1 heterocycles. The Hall–Kier alpha value is -1.75. The van der Waals surface area contributed by atoms with Gasteiger partial charge in [-0.15, -0.1) is 0 Å². The number of nitrogens with two attached hydrogens (primary N) is 1. The molecule has 0 radical (unpaired) electrons. The van der Waals surface area contributed by atoms with E-state index in [0.717, 1.165) is 0 Å². The van der Waals surface area contributed by atoms with Gasteiger partial charge in [0, 0.05) is 17.9 Å². The molecule has 0 aliphatic carbocycles. The minimum Gasteiger partial charge on any atom is -0.394 e. The minimum atomic E-state index is -3.72. The van der Waals surface area contributed by atoms with Gasteiger partial charge < -0.3 is 15.7 Å². The summed E-state index contributed by atoms with van der Waals surface area (Å²) in [6, 6.07) is 5.75. The topological polar surface area (TPSA) is 130 Å². The Balaban J connectivity index is 2.18. The molecule has 2 rings (SSSR count). The van der Waals surface area contributed by atoms with Crippen LogP contribution in [0.15, 0.2) is 39.8 Å². The van der Waals surface area contributed by atoms with E-state index >= 15 is 0 Å². The fourth-order valence-electron chi connectivity index (χ4n) is 1.66. The van der Waals surface area contributed by atoms with Crippen LogP contribution in [0.5, 0.6) is 0 Å². The van der Waals surface area contributed by atoms with Gasteiger partial charge in [-0.05, 0) is 47.1 Å². The van der Waals surface area contributed by atoms with Crippen molar-refractivity contribution in [3.8, 4) is 0 Å². The van der Waals surface area contributed by atoms with Crippen LogP contribution in [0.4, 0.5) is 17.5 Å². The van der Waals surface area contributed by atoms with Gasteiger partial charge in [0.25, 0.3) is 0 Å². The summed E-state index contributed by atoms with van der Waals surface area (Å²) >= 11 is 3.33.